The molecule has 0 bridgehead atoms. The van der Waals surface area contributed by atoms with Crippen LogP contribution in [0.4, 0.5) is 5.69 Å². The summed E-state index contributed by atoms with van der Waals surface area (Å²) < 4.78 is 0. The third-order valence-corrected chi connectivity index (χ3v) is 3.49. The fourth-order valence-corrected chi connectivity index (χ4v) is 2.17. The number of pyridine rings is 1. The van der Waals surface area contributed by atoms with E-state index in [1.807, 2.05) is 12.1 Å². The zero-order chi connectivity index (χ0) is 18.2. The molecule has 0 aliphatic carbocycles. The number of hydrogen-bond donors (Lipinski definition) is 2. The average molecular weight is 344 g/mol. The maximum Gasteiger partial charge on any atom is 0.271 e. The van der Waals surface area contributed by atoms with Gasteiger partial charge in [0.2, 0.25) is 0 Å². The van der Waals surface area contributed by atoms with E-state index < -0.39 is 0 Å². The van der Waals surface area contributed by atoms with E-state index >= 15 is 0 Å². The van der Waals surface area contributed by atoms with Crippen LogP contribution in [-0.2, 0) is 0 Å². The Labute approximate surface area is 150 Å². The van der Waals surface area contributed by atoms with Gasteiger partial charge >= 0.3 is 0 Å². The molecule has 3 aromatic rings. The molecule has 0 aliphatic heterocycles. The van der Waals surface area contributed by atoms with Crippen LogP contribution in [0.1, 0.15) is 26.4 Å². The Bertz CT molecular complexity index is 908. The van der Waals surface area contributed by atoms with E-state index in [1.165, 1.54) is 6.21 Å². The number of nitrogens with zero attached hydrogens (tertiary/aromatic N) is 2. The summed E-state index contributed by atoms with van der Waals surface area (Å²) in [6, 6.07) is 20.9. The predicted octanol–water partition coefficient (Wildman–Crippen LogP) is 3.10. The zero-order valence-electron chi connectivity index (χ0n) is 13.8. The Morgan fingerprint density at radius 3 is 2.19 bits per heavy atom. The first-order valence-corrected chi connectivity index (χ1v) is 7.93. The van der Waals surface area contributed by atoms with Crippen molar-refractivity contribution in [2.75, 3.05) is 5.32 Å². The first-order valence-electron chi connectivity index (χ1n) is 7.93. The summed E-state index contributed by atoms with van der Waals surface area (Å²) in [5.41, 5.74) is 4.69. The smallest absolute Gasteiger partial charge is 0.271 e. The first kappa shape index (κ1) is 17.0. The van der Waals surface area contributed by atoms with E-state index in [1.54, 1.807) is 66.9 Å². The van der Waals surface area contributed by atoms with E-state index in [2.05, 4.69) is 20.8 Å². The van der Waals surface area contributed by atoms with Gasteiger partial charge in [-0.25, -0.2) is 5.43 Å². The van der Waals surface area contributed by atoms with Crippen LogP contribution in [0.3, 0.4) is 0 Å². The number of carbonyl (C=O) groups is 2. The summed E-state index contributed by atoms with van der Waals surface area (Å²) in [7, 11) is 0. The van der Waals surface area contributed by atoms with Crippen LogP contribution in [0, 0.1) is 0 Å². The Hall–Kier alpha value is -3.80. The lowest BCUT2D eigenvalue weighted by molar-refractivity contribution is 0.0954. The highest BCUT2D eigenvalue weighted by Crippen LogP contribution is 2.11. The molecule has 0 atom stereocenters. The number of anilines is 1. The van der Waals surface area contributed by atoms with Gasteiger partial charge in [-0.15, -0.1) is 0 Å². The Morgan fingerprint density at radius 2 is 1.50 bits per heavy atom. The number of nitrogens with one attached hydrogen (secondary N) is 2. The highest BCUT2D eigenvalue weighted by atomic mass is 16.2. The minimum Gasteiger partial charge on any atom is -0.322 e. The van der Waals surface area contributed by atoms with Crippen molar-refractivity contribution in [1.29, 1.82) is 0 Å². The minimum atomic E-state index is -0.349. The van der Waals surface area contributed by atoms with Crippen LogP contribution >= 0.6 is 0 Å². The SMILES string of the molecule is O=C(N/N=C\c1ccccn1)c1ccc(NC(=O)c2ccccc2)cc1. The van der Waals surface area contributed by atoms with Crippen LogP contribution in [0.25, 0.3) is 0 Å². The summed E-state index contributed by atoms with van der Waals surface area (Å²) >= 11 is 0. The van der Waals surface area contributed by atoms with Gasteiger partial charge in [0.05, 0.1) is 11.9 Å². The number of aromatic nitrogens is 1. The van der Waals surface area contributed by atoms with Gasteiger partial charge < -0.3 is 5.32 Å². The molecule has 3 rings (SSSR count). The van der Waals surface area contributed by atoms with Gasteiger partial charge in [0, 0.05) is 23.0 Å². The van der Waals surface area contributed by atoms with Gasteiger partial charge in [0.1, 0.15) is 0 Å². The van der Waals surface area contributed by atoms with E-state index in [9.17, 15) is 9.59 Å². The number of carbonyl (C=O) groups excluding carboxylic acids is 2. The first-order chi connectivity index (χ1) is 12.7. The molecular formula is C20H16N4O2. The lowest BCUT2D eigenvalue weighted by Crippen LogP contribution is -2.18. The van der Waals surface area contributed by atoms with Crippen molar-refractivity contribution >= 4 is 23.7 Å². The molecule has 0 unspecified atom stereocenters. The van der Waals surface area contributed by atoms with Crippen LogP contribution in [0.5, 0.6) is 0 Å². The summed E-state index contributed by atoms with van der Waals surface area (Å²) in [4.78, 5) is 28.2. The standard InChI is InChI=1S/C20H16N4O2/c25-19(15-6-2-1-3-7-15)23-17-11-9-16(10-12-17)20(26)24-22-14-18-8-4-5-13-21-18/h1-14H,(H,23,25)(H,24,26)/b22-14-. The molecule has 26 heavy (non-hydrogen) atoms. The number of amides is 2. The van der Waals surface area contributed by atoms with Gasteiger partial charge in [0.15, 0.2) is 0 Å². The summed E-state index contributed by atoms with van der Waals surface area (Å²) in [6.07, 6.45) is 3.11. The fourth-order valence-electron chi connectivity index (χ4n) is 2.17. The molecular weight excluding hydrogens is 328 g/mol. The number of hydrazone groups is 1. The third kappa shape index (κ3) is 4.61. The summed E-state index contributed by atoms with van der Waals surface area (Å²) in [5.74, 6) is -0.555. The number of benzene rings is 2. The molecule has 6 nitrogen and oxygen atoms in total. The fraction of sp³-hybridized carbons (Fsp3) is 0. The second-order valence-electron chi connectivity index (χ2n) is 5.35. The molecule has 0 saturated heterocycles. The van der Waals surface area contributed by atoms with Gasteiger partial charge in [0.25, 0.3) is 11.8 Å². The van der Waals surface area contributed by atoms with Crippen LogP contribution in [0.15, 0.2) is 84.1 Å². The molecule has 6 heteroatoms. The molecule has 1 aromatic heterocycles. The predicted molar refractivity (Wildman–Crippen MR) is 100 cm³/mol. The minimum absolute atomic E-state index is 0.206. The van der Waals surface area contributed by atoms with Gasteiger partial charge in [-0.1, -0.05) is 24.3 Å². The van der Waals surface area contributed by atoms with Gasteiger partial charge in [-0.05, 0) is 48.5 Å². The van der Waals surface area contributed by atoms with Crippen LogP contribution in [0.2, 0.25) is 0 Å². The molecule has 2 N–H and O–H groups in total. The highest BCUT2D eigenvalue weighted by Gasteiger charge is 2.07. The van der Waals surface area contributed by atoms with Crippen molar-refractivity contribution in [3.8, 4) is 0 Å². The van der Waals surface area contributed by atoms with Crippen LogP contribution < -0.4 is 10.7 Å². The largest absolute Gasteiger partial charge is 0.322 e. The van der Waals surface area contributed by atoms with Crippen molar-refractivity contribution in [2.24, 2.45) is 5.10 Å². The maximum absolute atomic E-state index is 12.1. The maximum atomic E-state index is 12.1. The second-order valence-corrected chi connectivity index (χ2v) is 5.35. The van der Waals surface area contributed by atoms with Crippen molar-refractivity contribution in [3.05, 3.63) is 95.8 Å². The van der Waals surface area contributed by atoms with Crippen LogP contribution in [-0.4, -0.2) is 23.0 Å². The number of hydrogen-bond acceptors (Lipinski definition) is 4. The van der Waals surface area contributed by atoms with Gasteiger partial charge in [-0.2, -0.15) is 5.10 Å². The third-order valence-electron chi connectivity index (χ3n) is 3.49. The molecule has 2 aromatic carbocycles. The monoisotopic (exact) mass is 344 g/mol. The Kier molecular flexibility index (Phi) is 5.47. The summed E-state index contributed by atoms with van der Waals surface area (Å²) in [5, 5.41) is 6.65. The van der Waals surface area contributed by atoms with Crippen molar-refractivity contribution in [3.63, 3.8) is 0 Å². The highest BCUT2D eigenvalue weighted by molar-refractivity contribution is 6.04. The van der Waals surface area contributed by atoms with E-state index in [-0.39, 0.29) is 11.8 Å². The molecule has 1 heterocycles. The lowest BCUT2D eigenvalue weighted by atomic mass is 10.2. The molecule has 0 fully saturated rings. The normalized spacial score (nSPS) is 10.5. The zero-order valence-corrected chi connectivity index (χ0v) is 13.8. The molecule has 0 spiro atoms. The lowest BCUT2D eigenvalue weighted by Gasteiger charge is -2.06. The number of rotatable bonds is 5. The average Bonchev–Trinajstić information content (AvgIpc) is 2.70. The van der Waals surface area contributed by atoms with Crippen molar-refractivity contribution in [1.82, 2.24) is 10.4 Å². The molecule has 0 aliphatic rings. The molecule has 128 valence electrons. The summed E-state index contributed by atoms with van der Waals surface area (Å²) in [6.45, 7) is 0. The molecule has 0 saturated carbocycles. The quantitative estimate of drug-likeness (QED) is 0.551. The van der Waals surface area contributed by atoms with E-state index in [4.69, 9.17) is 0 Å². The Balaban J connectivity index is 1.57. The Morgan fingerprint density at radius 1 is 0.808 bits per heavy atom. The van der Waals surface area contributed by atoms with E-state index in [0.717, 1.165) is 0 Å². The van der Waals surface area contributed by atoms with Gasteiger partial charge in [-0.3, -0.25) is 14.6 Å². The molecule has 2 amide bonds. The van der Waals surface area contributed by atoms with Crippen molar-refractivity contribution in [2.45, 2.75) is 0 Å². The second kappa shape index (κ2) is 8.34. The topological polar surface area (TPSA) is 83.4 Å². The van der Waals surface area contributed by atoms with E-state index in [0.29, 0.717) is 22.5 Å². The molecule has 0 radical (unpaired) electrons. The van der Waals surface area contributed by atoms with Crippen molar-refractivity contribution < 1.29 is 9.59 Å².